The predicted octanol–water partition coefficient (Wildman–Crippen LogP) is 7.48. The quantitative estimate of drug-likeness (QED) is 0.150. The molecule has 0 aliphatic carbocycles. The van der Waals surface area contributed by atoms with Crippen molar-refractivity contribution in [2.75, 3.05) is 19.6 Å². The molecule has 0 N–H and O–H groups in total. The van der Waals surface area contributed by atoms with Crippen molar-refractivity contribution in [3.63, 3.8) is 0 Å². The number of ether oxygens (including phenoxy) is 1. The van der Waals surface area contributed by atoms with E-state index in [1.807, 2.05) is 0 Å². The molecule has 11 nitrogen and oxygen atoms in total. The zero-order valence-electron chi connectivity index (χ0n) is 27.4. The molecule has 0 aliphatic rings. The average molecular weight is 844 g/mol. The Morgan fingerprint density at radius 3 is 1.21 bits per heavy atom. The Balaban J connectivity index is 0.000000204. The van der Waals surface area contributed by atoms with Crippen molar-refractivity contribution >= 4 is 35.6 Å². The molecule has 6 rings (SSSR count). The summed E-state index contributed by atoms with van der Waals surface area (Å²) >= 11 is 3.26. The van der Waals surface area contributed by atoms with Crippen LogP contribution in [0.1, 0.15) is 11.6 Å². The van der Waals surface area contributed by atoms with Gasteiger partial charge in [-0.25, -0.2) is 36.2 Å². The molecule has 0 saturated carbocycles. The van der Waals surface area contributed by atoms with Crippen LogP contribution in [-0.4, -0.2) is 66.0 Å². The van der Waals surface area contributed by atoms with E-state index in [4.69, 9.17) is 4.74 Å². The lowest BCUT2D eigenvalue weighted by Crippen LogP contribution is -2.08. The molecular formula is C33H25BrF6N6O5S2. The zero-order valence-corrected chi connectivity index (χ0v) is 30.6. The molecule has 0 unspecified atom stereocenters. The molecule has 6 aromatic rings. The summed E-state index contributed by atoms with van der Waals surface area (Å²) in [5.74, 6) is -2.13. The number of methoxy groups -OCH3 is 1. The molecule has 2 aromatic heterocycles. The number of aromatic nitrogens is 6. The molecule has 4 aromatic carbocycles. The maximum absolute atomic E-state index is 13.1. The molecule has 0 saturated heterocycles. The van der Waals surface area contributed by atoms with Crippen molar-refractivity contribution in [3.8, 4) is 39.9 Å². The van der Waals surface area contributed by atoms with Gasteiger partial charge < -0.3 is 4.74 Å². The maximum Gasteiger partial charge on any atom is 0.453 e. The van der Waals surface area contributed by atoms with Gasteiger partial charge in [0.15, 0.2) is 31.3 Å². The second-order valence-electron chi connectivity index (χ2n) is 11.1. The van der Waals surface area contributed by atoms with Crippen molar-refractivity contribution in [1.82, 2.24) is 29.5 Å². The number of nitrogens with zero attached hydrogens (tertiary/aromatic N) is 6. The van der Waals surface area contributed by atoms with Crippen LogP contribution in [0.2, 0.25) is 0 Å². The predicted molar refractivity (Wildman–Crippen MR) is 184 cm³/mol. The van der Waals surface area contributed by atoms with E-state index >= 15 is 0 Å². The van der Waals surface area contributed by atoms with Gasteiger partial charge in [-0.05, 0) is 97.1 Å². The number of benzene rings is 4. The Morgan fingerprint density at radius 1 is 0.566 bits per heavy atom. The number of rotatable bonds is 7. The summed E-state index contributed by atoms with van der Waals surface area (Å²) in [6.07, 6.45) is -7.33. The lowest BCUT2D eigenvalue weighted by atomic mass is 10.2. The summed E-state index contributed by atoms with van der Waals surface area (Å²) in [4.78, 5) is 7.33. The number of sulfone groups is 2. The van der Waals surface area contributed by atoms with Crippen LogP contribution < -0.4 is 4.74 Å². The second-order valence-corrected chi connectivity index (χ2v) is 16.1. The van der Waals surface area contributed by atoms with Gasteiger partial charge in [-0.3, -0.25) is 0 Å². The van der Waals surface area contributed by atoms with E-state index in [-0.39, 0.29) is 21.4 Å². The van der Waals surface area contributed by atoms with Crippen LogP contribution in [0.15, 0.2) is 111 Å². The largest absolute Gasteiger partial charge is 0.497 e. The highest BCUT2D eigenvalue weighted by molar-refractivity contribution is 9.10. The molecule has 2 heterocycles. The smallest absolute Gasteiger partial charge is 0.453 e. The monoisotopic (exact) mass is 842 g/mol. The van der Waals surface area contributed by atoms with Gasteiger partial charge in [0.2, 0.25) is 0 Å². The first kappa shape index (κ1) is 39.1. The van der Waals surface area contributed by atoms with Crippen LogP contribution in [0, 0.1) is 0 Å². The zero-order chi connectivity index (χ0) is 38.9. The van der Waals surface area contributed by atoms with Gasteiger partial charge in [-0.2, -0.15) is 26.3 Å². The first-order valence-corrected chi connectivity index (χ1v) is 19.3. The van der Waals surface area contributed by atoms with E-state index < -0.39 is 43.7 Å². The summed E-state index contributed by atoms with van der Waals surface area (Å²) in [6, 6.07) is 23.6. The molecule has 0 amide bonds. The molecule has 0 spiro atoms. The molecule has 0 aliphatic heterocycles. The van der Waals surface area contributed by atoms with E-state index in [1.54, 1.807) is 48.5 Å². The third-order valence-electron chi connectivity index (χ3n) is 7.19. The second kappa shape index (κ2) is 14.7. The van der Waals surface area contributed by atoms with Gasteiger partial charge in [-0.1, -0.05) is 15.9 Å². The molecule has 0 radical (unpaired) electrons. The molecular weight excluding hydrogens is 818 g/mol. The van der Waals surface area contributed by atoms with Crippen molar-refractivity contribution in [1.29, 1.82) is 0 Å². The van der Waals surface area contributed by atoms with E-state index in [0.717, 1.165) is 26.3 Å². The molecule has 0 fully saturated rings. The number of alkyl halides is 6. The summed E-state index contributed by atoms with van der Waals surface area (Å²) in [5, 5.41) is 7.15. The third-order valence-corrected chi connectivity index (χ3v) is 9.98. The summed E-state index contributed by atoms with van der Waals surface area (Å²) < 4.78 is 133. The minimum Gasteiger partial charge on any atom is -0.497 e. The SMILES string of the molecule is COc1ccc(-n2nc(C(F)(F)F)nc2-c2ccc(S(C)(=O)=O)cc2)cc1.CS(=O)(=O)c1ccc(-c2nc(C(F)(F)F)nn2-c2ccc(Br)cc2)cc1. The van der Waals surface area contributed by atoms with Crippen molar-refractivity contribution in [2.24, 2.45) is 0 Å². The number of halogens is 7. The standard InChI is InChI=1S/C17H14F3N3O3S.C16H11BrF3N3O2S/c1-26-13-7-5-12(6-8-13)23-15(21-16(22-23)17(18,19)20)11-3-9-14(10-4-11)27(2,24)25;1-26(24,25)13-8-2-10(3-9-13)14-21-15(16(18,19)20)22-23(14)12-6-4-11(17)5-7-12/h3-10H,1-2H3;2-9H,1H3. The minimum atomic E-state index is -4.72. The van der Waals surface area contributed by atoms with Gasteiger partial charge in [-0.15, -0.1) is 10.2 Å². The topological polar surface area (TPSA) is 139 Å². The molecule has 0 atom stereocenters. The maximum atomic E-state index is 13.1. The Morgan fingerprint density at radius 2 is 0.906 bits per heavy atom. The molecule has 20 heteroatoms. The fraction of sp³-hybridized carbons (Fsp3) is 0.152. The van der Waals surface area contributed by atoms with Gasteiger partial charge in [0.1, 0.15) is 5.75 Å². The normalized spacial score (nSPS) is 12.3. The Hall–Kier alpha value is -5.08. The van der Waals surface area contributed by atoms with Crippen LogP contribution >= 0.6 is 15.9 Å². The summed E-state index contributed by atoms with van der Waals surface area (Å²) in [5.41, 5.74) is 1.34. The fourth-order valence-corrected chi connectivity index (χ4v) is 6.13. The summed E-state index contributed by atoms with van der Waals surface area (Å²) in [6.45, 7) is 0. The molecule has 278 valence electrons. The number of hydrogen-bond donors (Lipinski definition) is 0. The Kier molecular flexibility index (Phi) is 10.9. The van der Waals surface area contributed by atoms with Crippen LogP contribution in [0.5, 0.6) is 5.75 Å². The minimum absolute atomic E-state index is 0.0419. The highest BCUT2D eigenvalue weighted by atomic mass is 79.9. The van der Waals surface area contributed by atoms with Crippen molar-refractivity contribution < 1.29 is 47.9 Å². The third kappa shape index (κ3) is 9.30. The highest BCUT2D eigenvalue weighted by Crippen LogP contribution is 2.33. The van der Waals surface area contributed by atoms with Gasteiger partial charge in [0.05, 0.1) is 28.3 Å². The van der Waals surface area contributed by atoms with Crippen LogP contribution in [0.3, 0.4) is 0 Å². The van der Waals surface area contributed by atoms with E-state index in [1.165, 1.54) is 55.6 Å². The van der Waals surface area contributed by atoms with E-state index in [2.05, 4.69) is 36.1 Å². The lowest BCUT2D eigenvalue weighted by Gasteiger charge is -2.07. The van der Waals surface area contributed by atoms with Crippen molar-refractivity contribution in [2.45, 2.75) is 22.1 Å². The van der Waals surface area contributed by atoms with Gasteiger partial charge >= 0.3 is 12.4 Å². The number of hydrogen-bond acceptors (Lipinski definition) is 9. The van der Waals surface area contributed by atoms with E-state index in [0.29, 0.717) is 28.3 Å². The average Bonchev–Trinajstić information content (AvgIpc) is 3.75. The Bertz CT molecular complexity index is 2450. The fourth-order valence-electron chi connectivity index (χ4n) is 4.61. The molecule has 53 heavy (non-hydrogen) atoms. The van der Waals surface area contributed by atoms with Gasteiger partial charge in [0.25, 0.3) is 11.6 Å². The lowest BCUT2D eigenvalue weighted by molar-refractivity contribution is -0.145. The first-order chi connectivity index (χ1) is 24.6. The van der Waals surface area contributed by atoms with E-state index in [9.17, 15) is 43.2 Å². The first-order valence-electron chi connectivity index (χ1n) is 14.7. The van der Waals surface area contributed by atoms with Crippen LogP contribution in [0.25, 0.3) is 34.2 Å². The highest BCUT2D eigenvalue weighted by Gasteiger charge is 2.38. The van der Waals surface area contributed by atoms with Gasteiger partial charge in [0, 0.05) is 28.1 Å². The molecule has 0 bridgehead atoms. The van der Waals surface area contributed by atoms with Crippen molar-refractivity contribution in [3.05, 3.63) is 113 Å². The van der Waals surface area contributed by atoms with Crippen LogP contribution in [0.4, 0.5) is 26.3 Å². The summed E-state index contributed by atoms with van der Waals surface area (Å²) in [7, 11) is -5.37. The van der Waals surface area contributed by atoms with Crippen LogP contribution in [-0.2, 0) is 32.0 Å². The Labute approximate surface area is 306 Å².